The van der Waals surface area contributed by atoms with Gasteiger partial charge in [0, 0.05) is 26.2 Å². The molecule has 0 unspecified atom stereocenters. The molecular weight excluding hydrogens is 410 g/mol. The first-order valence-electron chi connectivity index (χ1n) is 11.3. The Hall–Kier alpha value is -3.03. The van der Waals surface area contributed by atoms with Gasteiger partial charge in [-0.2, -0.15) is 5.10 Å². The van der Waals surface area contributed by atoms with Gasteiger partial charge in [0.2, 0.25) is 0 Å². The molecule has 1 N–H and O–H groups in total. The van der Waals surface area contributed by atoms with E-state index in [-0.39, 0.29) is 24.7 Å². The number of aryl methyl sites for hydroxylation is 1. The van der Waals surface area contributed by atoms with Crippen molar-refractivity contribution in [2.75, 3.05) is 13.6 Å². The summed E-state index contributed by atoms with van der Waals surface area (Å²) in [6, 6.07) is 7.70. The van der Waals surface area contributed by atoms with Crippen LogP contribution in [0.1, 0.15) is 44.2 Å². The van der Waals surface area contributed by atoms with E-state index in [4.69, 9.17) is 9.47 Å². The molecule has 4 rings (SSSR count). The molecule has 2 atom stereocenters. The number of aromatic nitrogens is 2. The van der Waals surface area contributed by atoms with Crippen LogP contribution in [0.2, 0.25) is 0 Å². The molecule has 1 aromatic carbocycles. The van der Waals surface area contributed by atoms with Crippen molar-refractivity contribution >= 4 is 12.1 Å². The van der Waals surface area contributed by atoms with Crippen LogP contribution in [0.5, 0.6) is 5.75 Å². The number of hydrogen-bond donors (Lipinski definition) is 1. The smallest absolute Gasteiger partial charge is 0.409 e. The fraction of sp³-hybridized carbons (Fsp3) is 0.542. The minimum absolute atomic E-state index is 0.0725. The van der Waals surface area contributed by atoms with Crippen LogP contribution in [0.25, 0.3) is 11.1 Å². The van der Waals surface area contributed by atoms with Gasteiger partial charge in [0.15, 0.2) is 0 Å². The maximum Gasteiger partial charge on any atom is 0.409 e. The summed E-state index contributed by atoms with van der Waals surface area (Å²) >= 11 is 0. The second kappa shape index (κ2) is 9.63. The predicted octanol–water partition coefficient (Wildman–Crippen LogP) is 4.09. The Morgan fingerprint density at radius 2 is 1.94 bits per heavy atom. The number of hydrogen-bond acceptors (Lipinski definition) is 5. The number of carbonyl (C=O) groups excluding carboxylic acids is 1. The Bertz CT molecular complexity index is 951. The molecule has 1 aromatic heterocycles. The number of benzene rings is 1. The number of nitrogens with zero attached hydrogens (tertiary/aromatic N) is 3. The van der Waals surface area contributed by atoms with Gasteiger partial charge in [-0.3, -0.25) is 9.48 Å². The zero-order chi connectivity index (χ0) is 22.7. The van der Waals surface area contributed by atoms with E-state index in [9.17, 15) is 14.7 Å². The van der Waals surface area contributed by atoms with E-state index in [1.165, 1.54) is 12.8 Å². The molecule has 32 heavy (non-hydrogen) atoms. The SMILES string of the molecule is CN(CC1CC1)C(=O)OCc1c(-c2ccc(O[C@H]3CCC[C@H](C(=O)O)C3)cc2)cnn1C. The molecule has 2 fully saturated rings. The van der Waals surface area contributed by atoms with Crippen LogP contribution < -0.4 is 4.74 Å². The summed E-state index contributed by atoms with van der Waals surface area (Å²) < 4.78 is 13.3. The lowest BCUT2D eigenvalue weighted by Crippen LogP contribution is -2.29. The Morgan fingerprint density at radius 1 is 1.19 bits per heavy atom. The van der Waals surface area contributed by atoms with Crippen LogP contribution in [-0.2, 0) is 23.2 Å². The standard InChI is InChI=1S/C24H31N3O5/c1-26(14-16-6-7-16)24(30)31-15-22-21(13-25-27(22)2)17-8-10-19(11-9-17)32-20-5-3-4-18(12-20)23(28)29/h8-11,13,16,18,20H,3-7,12,14-15H2,1-2H3,(H,28,29)/t18-,20-/m0/s1. The fourth-order valence-corrected chi connectivity index (χ4v) is 4.26. The maximum absolute atomic E-state index is 12.3. The highest BCUT2D eigenvalue weighted by Gasteiger charge is 2.28. The molecule has 2 aliphatic carbocycles. The van der Waals surface area contributed by atoms with E-state index in [1.807, 2.05) is 31.3 Å². The van der Waals surface area contributed by atoms with Crippen LogP contribution in [0.15, 0.2) is 30.5 Å². The quantitative estimate of drug-likeness (QED) is 0.663. The van der Waals surface area contributed by atoms with Gasteiger partial charge < -0.3 is 19.5 Å². The average Bonchev–Trinajstić information content (AvgIpc) is 3.53. The van der Waals surface area contributed by atoms with Crippen molar-refractivity contribution < 1.29 is 24.2 Å². The van der Waals surface area contributed by atoms with Crippen molar-refractivity contribution in [1.82, 2.24) is 14.7 Å². The minimum Gasteiger partial charge on any atom is -0.490 e. The van der Waals surface area contributed by atoms with Crippen LogP contribution in [0, 0.1) is 11.8 Å². The first-order valence-corrected chi connectivity index (χ1v) is 11.3. The van der Waals surface area contributed by atoms with Crippen molar-refractivity contribution in [1.29, 1.82) is 0 Å². The first-order chi connectivity index (χ1) is 15.4. The minimum atomic E-state index is -0.739. The van der Waals surface area contributed by atoms with E-state index in [2.05, 4.69) is 5.10 Å². The van der Waals surface area contributed by atoms with Gasteiger partial charge in [-0.25, -0.2) is 4.79 Å². The van der Waals surface area contributed by atoms with E-state index in [0.717, 1.165) is 48.4 Å². The lowest BCUT2D eigenvalue weighted by Gasteiger charge is -2.27. The zero-order valence-corrected chi connectivity index (χ0v) is 18.7. The highest BCUT2D eigenvalue weighted by molar-refractivity contribution is 5.70. The summed E-state index contributed by atoms with van der Waals surface area (Å²) in [4.78, 5) is 25.2. The Labute approximate surface area is 188 Å². The Morgan fingerprint density at radius 3 is 2.62 bits per heavy atom. The van der Waals surface area contributed by atoms with Gasteiger partial charge >= 0.3 is 12.1 Å². The lowest BCUT2D eigenvalue weighted by atomic mass is 9.87. The second-order valence-electron chi connectivity index (χ2n) is 8.97. The third-order valence-electron chi connectivity index (χ3n) is 6.38. The summed E-state index contributed by atoms with van der Waals surface area (Å²) in [5, 5.41) is 13.6. The van der Waals surface area contributed by atoms with E-state index in [1.54, 1.807) is 22.8 Å². The summed E-state index contributed by atoms with van der Waals surface area (Å²) in [6.07, 6.45) is 6.76. The summed E-state index contributed by atoms with van der Waals surface area (Å²) in [5.74, 6) is 0.279. The zero-order valence-electron chi connectivity index (χ0n) is 18.7. The number of carbonyl (C=O) groups is 2. The molecule has 2 aromatic rings. The van der Waals surface area contributed by atoms with E-state index >= 15 is 0 Å². The van der Waals surface area contributed by atoms with Crippen LogP contribution >= 0.6 is 0 Å². The van der Waals surface area contributed by atoms with Crippen LogP contribution in [0.4, 0.5) is 4.79 Å². The third-order valence-corrected chi connectivity index (χ3v) is 6.38. The molecule has 0 saturated heterocycles. The first kappa shape index (κ1) is 22.2. The summed E-state index contributed by atoms with van der Waals surface area (Å²) in [6.45, 7) is 0.892. The number of rotatable bonds is 8. The lowest BCUT2D eigenvalue weighted by molar-refractivity contribution is -0.143. The molecule has 0 bridgehead atoms. The van der Waals surface area contributed by atoms with E-state index < -0.39 is 5.97 Å². The molecule has 8 nitrogen and oxygen atoms in total. The van der Waals surface area contributed by atoms with Gasteiger partial charge in [-0.05, 0) is 62.1 Å². The Kier molecular flexibility index (Phi) is 6.67. The van der Waals surface area contributed by atoms with Crippen molar-refractivity contribution in [2.45, 2.75) is 51.2 Å². The molecule has 2 aliphatic rings. The van der Waals surface area contributed by atoms with Crippen molar-refractivity contribution in [3.05, 3.63) is 36.2 Å². The molecule has 172 valence electrons. The average molecular weight is 442 g/mol. The van der Waals surface area contributed by atoms with Crippen molar-refractivity contribution in [3.8, 4) is 16.9 Å². The monoisotopic (exact) mass is 441 g/mol. The van der Waals surface area contributed by atoms with Crippen molar-refractivity contribution in [2.24, 2.45) is 18.9 Å². The summed E-state index contributed by atoms with van der Waals surface area (Å²) in [7, 11) is 3.61. The van der Waals surface area contributed by atoms with Crippen LogP contribution in [-0.4, -0.2) is 51.5 Å². The normalized spacial score (nSPS) is 20.6. The fourth-order valence-electron chi connectivity index (χ4n) is 4.26. The Balaban J connectivity index is 1.37. The molecule has 0 aliphatic heterocycles. The van der Waals surface area contributed by atoms with Gasteiger partial charge in [0.05, 0.1) is 23.9 Å². The molecule has 1 amide bonds. The van der Waals surface area contributed by atoms with Gasteiger partial charge in [-0.1, -0.05) is 12.1 Å². The number of amides is 1. The van der Waals surface area contributed by atoms with Gasteiger partial charge in [0.1, 0.15) is 12.4 Å². The summed E-state index contributed by atoms with van der Waals surface area (Å²) in [5.41, 5.74) is 2.68. The van der Waals surface area contributed by atoms with Crippen molar-refractivity contribution in [3.63, 3.8) is 0 Å². The topological polar surface area (TPSA) is 93.9 Å². The molecule has 1 heterocycles. The van der Waals surface area contributed by atoms with Gasteiger partial charge in [0.25, 0.3) is 0 Å². The van der Waals surface area contributed by atoms with E-state index in [0.29, 0.717) is 12.3 Å². The maximum atomic E-state index is 12.3. The highest BCUT2D eigenvalue weighted by Crippen LogP contribution is 2.31. The number of ether oxygens (including phenoxy) is 2. The molecule has 2 saturated carbocycles. The van der Waals surface area contributed by atoms with Gasteiger partial charge in [-0.15, -0.1) is 0 Å². The molecule has 0 radical (unpaired) electrons. The molecule has 0 spiro atoms. The predicted molar refractivity (Wildman–Crippen MR) is 118 cm³/mol. The largest absolute Gasteiger partial charge is 0.490 e. The number of aliphatic carboxylic acids is 1. The second-order valence-corrected chi connectivity index (χ2v) is 8.97. The molecule has 8 heteroatoms. The third kappa shape index (κ3) is 5.41. The number of carboxylic acid groups (broad SMARTS) is 1. The number of carboxylic acids is 1. The van der Waals surface area contributed by atoms with Crippen LogP contribution in [0.3, 0.4) is 0 Å². The highest BCUT2D eigenvalue weighted by atomic mass is 16.6. The molecular formula is C24H31N3O5.